The van der Waals surface area contributed by atoms with E-state index in [-0.39, 0.29) is 0 Å². The molecule has 1 unspecified atom stereocenters. The van der Waals surface area contributed by atoms with Gasteiger partial charge in [-0.25, -0.2) is 0 Å². The minimum absolute atomic E-state index is 0.426. The summed E-state index contributed by atoms with van der Waals surface area (Å²) in [4.78, 5) is 8.57. The van der Waals surface area contributed by atoms with Gasteiger partial charge in [-0.15, -0.1) is 0 Å². The van der Waals surface area contributed by atoms with Gasteiger partial charge >= 0.3 is 0 Å². The molecule has 2 heterocycles. The molecule has 1 N–H and O–H groups in total. The van der Waals surface area contributed by atoms with Crippen LogP contribution in [0.3, 0.4) is 0 Å². The second-order valence-corrected chi connectivity index (χ2v) is 4.83. The number of ether oxygens (including phenoxy) is 1. The van der Waals surface area contributed by atoms with Gasteiger partial charge in [0.1, 0.15) is 5.75 Å². The first-order valence-corrected chi connectivity index (χ1v) is 6.53. The van der Waals surface area contributed by atoms with Gasteiger partial charge in [-0.1, -0.05) is 18.2 Å². The number of fused-ring (bicyclic) bond motifs is 1. The van der Waals surface area contributed by atoms with E-state index in [1.54, 1.807) is 6.20 Å². The highest BCUT2D eigenvalue weighted by Crippen LogP contribution is 2.32. The third-order valence-electron chi connectivity index (χ3n) is 3.33. The number of nitrogens with one attached hydrogen (secondary N) is 1. The molecule has 98 valence electrons. The van der Waals surface area contributed by atoms with Crippen LogP contribution in [0, 0.1) is 6.92 Å². The predicted molar refractivity (Wildman–Crippen MR) is 73.2 cm³/mol. The summed E-state index contributed by atoms with van der Waals surface area (Å²) in [7, 11) is 0. The van der Waals surface area contributed by atoms with Gasteiger partial charge in [0.2, 0.25) is 0 Å². The number of benzene rings is 1. The molecule has 2 aromatic rings. The number of hydrogen-bond acceptors (Lipinski definition) is 4. The molecule has 0 saturated carbocycles. The summed E-state index contributed by atoms with van der Waals surface area (Å²) in [6.45, 7) is 4.33. The third kappa shape index (κ3) is 2.74. The van der Waals surface area contributed by atoms with Crippen LogP contribution in [-0.2, 0) is 6.54 Å². The van der Waals surface area contributed by atoms with Crippen LogP contribution < -0.4 is 10.1 Å². The second kappa shape index (κ2) is 5.36. The molecule has 1 aliphatic heterocycles. The van der Waals surface area contributed by atoms with Gasteiger partial charge in [0.05, 0.1) is 18.0 Å². The quantitative estimate of drug-likeness (QED) is 0.908. The molecule has 0 amide bonds. The summed E-state index contributed by atoms with van der Waals surface area (Å²) in [5.74, 6) is 1.44. The summed E-state index contributed by atoms with van der Waals surface area (Å²) < 4.78 is 5.66. The molecule has 0 saturated heterocycles. The number of hydrogen-bond donors (Lipinski definition) is 1. The topological polar surface area (TPSA) is 47.0 Å². The smallest absolute Gasteiger partial charge is 0.122 e. The zero-order chi connectivity index (χ0) is 13.1. The molecule has 19 heavy (non-hydrogen) atoms. The first-order valence-electron chi connectivity index (χ1n) is 6.53. The molecular formula is C15H17N3O. The Labute approximate surface area is 112 Å². The van der Waals surface area contributed by atoms with E-state index in [0.29, 0.717) is 5.92 Å². The van der Waals surface area contributed by atoms with Crippen molar-refractivity contribution in [3.63, 3.8) is 0 Å². The Balaban J connectivity index is 1.55. The molecule has 1 atom stereocenters. The maximum absolute atomic E-state index is 5.66. The Bertz CT molecular complexity index is 554. The molecule has 0 radical (unpaired) electrons. The number of aromatic nitrogens is 2. The molecule has 3 rings (SSSR count). The lowest BCUT2D eigenvalue weighted by Crippen LogP contribution is -2.22. The normalized spacial score (nSPS) is 17.0. The maximum Gasteiger partial charge on any atom is 0.122 e. The summed E-state index contributed by atoms with van der Waals surface area (Å²) in [6.07, 6.45) is 3.62. The zero-order valence-corrected chi connectivity index (χ0v) is 11.0. The predicted octanol–water partition coefficient (Wildman–Crippen LogP) is 2.05. The lowest BCUT2D eigenvalue weighted by Gasteiger charge is -2.10. The van der Waals surface area contributed by atoms with E-state index in [4.69, 9.17) is 4.74 Å². The van der Waals surface area contributed by atoms with Crippen LogP contribution in [0.25, 0.3) is 0 Å². The molecule has 1 aromatic heterocycles. The van der Waals surface area contributed by atoms with Crippen LogP contribution in [0.1, 0.15) is 22.9 Å². The van der Waals surface area contributed by atoms with Crippen molar-refractivity contribution < 1.29 is 4.74 Å². The fourth-order valence-corrected chi connectivity index (χ4v) is 2.28. The first kappa shape index (κ1) is 12.1. The Morgan fingerprint density at radius 1 is 1.26 bits per heavy atom. The number of para-hydroxylation sites is 1. The van der Waals surface area contributed by atoms with Crippen LogP contribution in [-0.4, -0.2) is 23.1 Å². The SMILES string of the molecule is Cc1cnc(CNCC2COc3ccccc32)cn1. The van der Waals surface area contributed by atoms with Crippen molar-refractivity contribution in [2.45, 2.75) is 19.4 Å². The van der Waals surface area contributed by atoms with E-state index < -0.39 is 0 Å². The summed E-state index contributed by atoms with van der Waals surface area (Å²) in [6, 6.07) is 8.24. The van der Waals surface area contributed by atoms with Crippen LogP contribution in [0.5, 0.6) is 5.75 Å². The van der Waals surface area contributed by atoms with Crippen LogP contribution in [0.4, 0.5) is 0 Å². The maximum atomic E-state index is 5.66. The van der Waals surface area contributed by atoms with Crippen LogP contribution in [0.15, 0.2) is 36.7 Å². The Morgan fingerprint density at radius 3 is 3.00 bits per heavy atom. The fourth-order valence-electron chi connectivity index (χ4n) is 2.28. The minimum Gasteiger partial charge on any atom is -0.493 e. The second-order valence-electron chi connectivity index (χ2n) is 4.83. The van der Waals surface area contributed by atoms with Crippen molar-refractivity contribution in [2.75, 3.05) is 13.2 Å². The highest BCUT2D eigenvalue weighted by molar-refractivity contribution is 5.39. The average molecular weight is 255 g/mol. The highest BCUT2D eigenvalue weighted by atomic mass is 16.5. The van der Waals surface area contributed by atoms with Crippen molar-refractivity contribution in [3.8, 4) is 5.75 Å². The van der Waals surface area contributed by atoms with Crippen LogP contribution in [0.2, 0.25) is 0 Å². The molecule has 0 aliphatic carbocycles. The molecule has 0 spiro atoms. The van der Waals surface area contributed by atoms with Gasteiger partial charge in [-0.2, -0.15) is 0 Å². The number of nitrogens with zero attached hydrogens (tertiary/aromatic N) is 2. The number of aryl methyl sites for hydroxylation is 1. The lowest BCUT2D eigenvalue weighted by atomic mass is 10.0. The Hall–Kier alpha value is -1.94. The lowest BCUT2D eigenvalue weighted by molar-refractivity contribution is 0.326. The van der Waals surface area contributed by atoms with E-state index in [1.807, 2.05) is 25.3 Å². The van der Waals surface area contributed by atoms with Gasteiger partial charge in [0.25, 0.3) is 0 Å². The molecule has 1 aliphatic rings. The van der Waals surface area contributed by atoms with Crippen molar-refractivity contribution in [2.24, 2.45) is 0 Å². The van der Waals surface area contributed by atoms with Crippen LogP contribution >= 0.6 is 0 Å². The van der Waals surface area contributed by atoms with E-state index in [0.717, 1.165) is 36.8 Å². The van der Waals surface area contributed by atoms with Gasteiger partial charge in [0.15, 0.2) is 0 Å². The van der Waals surface area contributed by atoms with Gasteiger partial charge in [-0.3, -0.25) is 9.97 Å². The summed E-state index contributed by atoms with van der Waals surface area (Å²) in [5, 5.41) is 3.42. The van der Waals surface area contributed by atoms with Crippen molar-refractivity contribution >= 4 is 0 Å². The average Bonchev–Trinajstić information content (AvgIpc) is 2.85. The van der Waals surface area contributed by atoms with Crippen molar-refractivity contribution in [1.29, 1.82) is 0 Å². The summed E-state index contributed by atoms with van der Waals surface area (Å²) in [5.41, 5.74) is 3.21. The van der Waals surface area contributed by atoms with Gasteiger partial charge in [0, 0.05) is 37.0 Å². The highest BCUT2D eigenvalue weighted by Gasteiger charge is 2.22. The Morgan fingerprint density at radius 2 is 2.16 bits per heavy atom. The van der Waals surface area contributed by atoms with Gasteiger partial charge in [-0.05, 0) is 13.0 Å². The van der Waals surface area contributed by atoms with E-state index in [2.05, 4.69) is 27.4 Å². The first-order chi connectivity index (χ1) is 9.33. The van der Waals surface area contributed by atoms with Crippen molar-refractivity contribution in [3.05, 3.63) is 53.6 Å². The monoisotopic (exact) mass is 255 g/mol. The fraction of sp³-hybridized carbons (Fsp3) is 0.333. The zero-order valence-electron chi connectivity index (χ0n) is 11.0. The minimum atomic E-state index is 0.426. The van der Waals surface area contributed by atoms with E-state index >= 15 is 0 Å². The molecule has 4 heteroatoms. The number of rotatable bonds is 4. The largest absolute Gasteiger partial charge is 0.493 e. The standard InChI is InChI=1S/C15H17N3O/c1-11-6-18-13(9-17-11)8-16-7-12-10-19-15-5-3-2-4-14(12)15/h2-6,9,12,16H,7-8,10H2,1H3. The molecule has 0 bridgehead atoms. The molecular weight excluding hydrogens is 238 g/mol. The van der Waals surface area contributed by atoms with Gasteiger partial charge < -0.3 is 10.1 Å². The molecule has 4 nitrogen and oxygen atoms in total. The van der Waals surface area contributed by atoms with Crippen molar-refractivity contribution in [1.82, 2.24) is 15.3 Å². The molecule has 1 aromatic carbocycles. The van der Waals surface area contributed by atoms with E-state index in [1.165, 1.54) is 5.56 Å². The summed E-state index contributed by atoms with van der Waals surface area (Å²) >= 11 is 0. The third-order valence-corrected chi connectivity index (χ3v) is 3.33. The Kier molecular flexibility index (Phi) is 3.42. The van der Waals surface area contributed by atoms with E-state index in [9.17, 15) is 0 Å². The molecule has 0 fully saturated rings.